The van der Waals surface area contributed by atoms with Crippen molar-refractivity contribution in [1.29, 1.82) is 0 Å². The second-order valence-corrected chi connectivity index (χ2v) is 7.38. The van der Waals surface area contributed by atoms with E-state index < -0.39 is 5.97 Å². The van der Waals surface area contributed by atoms with Crippen LogP contribution in [0.15, 0.2) is 42.7 Å². The SMILES string of the molecule is Cc1c(-c2cccnc2)n(CCCCCCCC(=O)O)c2ccc(Cl)cc12.Cl. The minimum Gasteiger partial charge on any atom is -0.481 e. The number of unbranched alkanes of at least 4 members (excludes halogenated alkanes) is 4. The fourth-order valence-corrected chi connectivity index (χ4v) is 3.85. The van der Waals surface area contributed by atoms with Crippen LogP contribution >= 0.6 is 24.0 Å². The predicted octanol–water partition coefficient (Wildman–Crippen LogP) is 6.51. The molecule has 0 unspecified atom stereocenters. The lowest BCUT2D eigenvalue weighted by Gasteiger charge is -2.12. The number of hydrogen-bond donors (Lipinski definition) is 1. The molecule has 1 N–H and O–H groups in total. The van der Waals surface area contributed by atoms with Crippen LogP contribution in [-0.2, 0) is 11.3 Å². The van der Waals surface area contributed by atoms with Gasteiger partial charge in [0.15, 0.2) is 0 Å². The molecule has 28 heavy (non-hydrogen) atoms. The third kappa shape index (κ3) is 5.27. The van der Waals surface area contributed by atoms with Gasteiger partial charge in [-0.2, -0.15) is 0 Å². The molecule has 0 bridgehead atoms. The molecule has 3 rings (SSSR count). The first kappa shape index (κ1) is 22.3. The summed E-state index contributed by atoms with van der Waals surface area (Å²) in [6, 6.07) is 10.1. The average Bonchev–Trinajstić information content (AvgIpc) is 2.93. The number of benzene rings is 1. The molecule has 0 radical (unpaired) electrons. The van der Waals surface area contributed by atoms with E-state index in [2.05, 4.69) is 28.6 Å². The van der Waals surface area contributed by atoms with Crippen LogP contribution in [0.25, 0.3) is 22.2 Å². The maximum atomic E-state index is 10.6. The summed E-state index contributed by atoms with van der Waals surface area (Å²) in [6.07, 6.45) is 8.94. The number of hydrogen-bond acceptors (Lipinski definition) is 2. The number of aromatic nitrogens is 2. The molecule has 4 nitrogen and oxygen atoms in total. The van der Waals surface area contributed by atoms with Crippen LogP contribution in [0.2, 0.25) is 5.02 Å². The van der Waals surface area contributed by atoms with Crippen molar-refractivity contribution in [2.45, 2.75) is 52.0 Å². The number of carboxylic acid groups (broad SMARTS) is 1. The van der Waals surface area contributed by atoms with Crippen LogP contribution in [0.1, 0.15) is 44.1 Å². The largest absolute Gasteiger partial charge is 0.481 e. The smallest absolute Gasteiger partial charge is 0.303 e. The lowest BCUT2D eigenvalue weighted by Crippen LogP contribution is -2.01. The Morgan fingerprint density at radius 3 is 2.61 bits per heavy atom. The van der Waals surface area contributed by atoms with Crippen molar-refractivity contribution >= 4 is 40.9 Å². The summed E-state index contributed by atoms with van der Waals surface area (Å²) in [7, 11) is 0. The molecule has 0 spiro atoms. The van der Waals surface area contributed by atoms with E-state index in [0.717, 1.165) is 49.2 Å². The van der Waals surface area contributed by atoms with Gasteiger partial charge in [-0.3, -0.25) is 9.78 Å². The van der Waals surface area contributed by atoms with Crippen LogP contribution in [0.3, 0.4) is 0 Å². The number of fused-ring (bicyclic) bond motifs is 1. The number of carbonyl (C=O) groups is 1. The summed E-state index contributed by atoms with van der Waals surface area (Å²) in [6.45, 7) is 3.07. The van der Waals surface area contributed by atoms with Crippen molar-refractivity contribution in [3.63, 3.8) is 0 Å². The number of pyridine rings is 1. The highest BCUT2D eigenvalue weighted by Crippen LogP contribution is 2.34. The van der Waals surface area contributed by atoms with Crippen molar-refractivity contribution < 1.29 is 9.90 Å². The molecule has 0 fully saturated rings. The number of nitrogens with zero attached hydrogens (tertiary/aromatic N) is 2. The van der Waals surface area contributed by atoms with E-state index in [1.807, 2.05) is 24.4 Å². The fraction of sp³-hybridized carbons (Fsp3) is 0.364. The van der Waals surface area contributed by atoms with Gasteiger partial charge in [0, 0.05) is 46.8 Å². The lowest BCUT2D eigenvalue weighted by atomic mass is 10.1. The van der Waals surface area contributed by atoms with E-state index in [-0.39, 0.29) is 18.8 Å². The molecule has 0 saturated carbocycles. The molecular formula is C22H26Cl2N2O2. The van der Waals surface area contributed by atoms with Gasteiger partial charge in [-0.1, -0.05) is 30.9 Å². The molecule has 0 aliphatic rings. The summed E-state index contributed by atoms with van der Waals surface area (Å²) in [5.74, 6) is -0.705. The standard InChI is InChI=1S/C22H25ClN2O2.ClH/c1-16-19-14-18(23)10-11-20(19)25(22(16)17-8-7-12-24-15-17)13-6-4-2-3-5-9-21(26)27;/h7-8,10-12,14-15H,2-6,9,13H2,1H3,(H,26,27);1H. The summed E-state index contributed by atoms with van der Waals surface area (Å²) in [5.41, 5.74) is 4.73. The van der Waals surface area contributed by atoms with Gasteiger partial charge in [0.05, 0.1) is 5.69 Å². The molecule has 0 atom stereocenters. The first-order chi connectivity index (χ1) is 13.1. The summed E-state index contributed by atoms with van der Waals surface area (Å²) >= 11 is 6.23. The Morgan fingerprint density at radius 2 is 1.89 bits per heavy atom. The highest BCUT2D eigenvalue weighted by molar-refractivity contribution is 6.31. The van der Waals surface area contributed by atoms with Crippen molar-refractivity contribution in [2.75, 3.05) is 0 Å². The van der Waals surface area contributed by atoms with Crippen LogP contribution < -0.4 is 0 Å². The fourth-order valence-electron chi connectivity index (χ4n) is 3.68. The second kappa shape index (κ2) is 10.5. The second-order valence-electron chi connectivity index (χ2n) is 6.94. The molecular weight excluding hydrogens is 395 g/mol. The average molecular weight is 421 g/mol. The molecule has 0 saturated heterocycles. The Bertz CT molecular complexity index is 923. The van der Waals surface area contributed by atoms with Gasteiger partial charge >= 0.3 is 5.97 Å². The molecule has 1 aromatic carbocycles. The highest BCUT2D eigenvalue weighted by atomic mass is 35.5. The van der Waals surface area contributed by atoms with Gasteiger partial charge < -0.3 is 9.67 Å². The van der Waals surface area contributed by atoms with Gasteiger partial charge in [0.2, 0.25) is 0 Å². The van der Waals surface area contributed by atoms with Crippen molar-refractivity contribution in [1.82, 2.24) is 9.55 Å². The normalized spacial score (nSPS) is 10.8. The third-order valence-electron chi connectivity index (χ3n) is 4.99. The zero-order valence-electron chi connectivity index (χ0n) is 16.0. The molecule has 0 aliphatic heterocycles. The number of aryl methyl sites for hydroxylation is 2. The lowest BCUT2D eigenvalue weighted by molar-refractivity contribution is -0.137. The minimum absolute atomic E-state index is 0. The van der Waals surface area contributed by atoms with Crippen molar-refractivity contribution in [3.8, 4) is 11.3 Å². The minimum atomic E-state index is -0.705. The van der Waals surface area contributed by atoms with E-state index in [4.69, 9.17) is 16.7 Å². The topological polar surface area (TPSA) is 55.1 Å². The molecule has 150 valence electrons. The Hall–Kier alpha value is -2.04. The molecule has 6 heteroatoms. The Balaban J connectivity index is 0.00000280. The molecule has 3 aromatic rings. The van der Waals surface area contributed by atoms with E-state index in [0.29, 0.717) is 0 Å². The quantitative estimate of drug-likeness (QED) is 0.401. The van der Waals surface area contributed by atoms with Gasteiger partial charge in [-0.05, 0) is 55.7 Å². The number of halogens is 2. The zero-order chi connectivity index (χ0) is 19.2. The molecule has 0 amide bonds. The number of carboxylic acids is 1. The van der Waals surface area contributed by atoms with Gasteiger partial charge in [-0.15, -0.1) is 12.4 Å². The van der Waals surface area contributed by atoms with Crippen molar-refractivity contribution in [3.05, 3.63) is 53.3 Å². The van der Waals surface area contributed by atoms with E-state index in [1.54, 1.807) is 6.20 Å². The van der Waals surface area contributed by atoms with Crippen LogP contribution in [-0.4, -0.2) is 20.6 Å². The summed E-state index contributed by atoms with van der Waals surface area (Å²) in [5, 5.41) is 10.6. The Morgan fingerprint density at radius 1 is 1.14 bits per heavy atom. The van der Waals surface area contributed by atoms with Crippen molar-refractivity contribution in [2.24, 2.45) is 0 Å². The van der Waals surface area contributed by atoms with Crippen LogP contribution in [0.4, 0.5) is 0 Å². The van der Waals surface area contributed by atoms with E-state index in [9.17, 15) is 4.79 Å². The van der Waals surface area contributed by atoms with Crippen LogP contribution in [0.5, 0.6) is 0 Å². The number of rotatable bonds is 9. The third-order valence-corrected chi connectivity index (χ3v) is 5.22. The predicted molar refractivity (Wildman–Crippen MR) is 118 cm³/mol. The van der Waals surface area contributed by atoms with E-state index in [1.165, 1.54) is 22.2 Å². The monoisotopic (exact) mass is 420 g/mol. The molecule has 2 heterocycles. The maximum Gasteiger partial charge on any atom is 0.303 e. The first-order valence-electron chi connectivity index (χ1n) is 9.48. The molecule has 0 aliphatic carbocycles. The molecule has 2 aromatic heterocycles. The van der Waals surface area contributed by atoms with Crippen LogP contribution in [0, 0.1) is 6.92 Å². The first-order valence-corrected chi connectivity index (χ1v) is 9.86. The van der Waals surface area contributed by atoms with E-state index >= 15 is 0 Å². The highest BCUT2D eigenvalue weighted by Gasteiger charge is 2.16. The maximum absolute atomic E-state index is 10.6. The summed E-state index contributed by atoms with van der Waals surface area (Å²) in [4.78, 5) is 14.9. The number of aliphatic carboxylic acids is 1. The van der Waals surface area contributed by atoms with Gasteiger partial charge in [0.1, 0.15) is 0 Å². The van der Waals surface area contributed by atoms with Gasteiger partial charge in [0.25, 0.3) is 0 Å². The Labute approximate surface area is 177 Å². The Kier molecular flexibility index (Phi) is 8.34. The summed E-state index contributed by atoms with van der Waals surface area (Å²) < 4.78 is 2.37. The zero-order valence-corrected chi connectivity index (χ0v) is 17.6. The van der Waals surface area contributed by atoms with Gasteiger partial charge in [-0.25, -0.2) is 0 Å².